The number of rotatable bonds is 4. The van der Waals surface area contributed by atoms with Gasteiger partial charge in [0.15, 0.2) is 0 Å². The Hall–Kier alpha value is -0.380. The van der Waals surface area contributed by atoms with Gasteiger partial charge in [0.1, 0.15) is 0 Å². The smallest absolute Gasteiger partial charge is 0.0770 e. The molecule has 0 amide bonds. The topological polar surface area (TPSA) is 12.5 Å². The molecule has 88 valence electrons. The quantitative estimate of drug-likeness (QED) is 0.798. The fraction of sp³-hybridized carbons (Fsp3) is 0.692. The van der Waals surface area contributed by atoms with E-state index in [2.05, 4.69) is 28.7 Å². The Bertz CT molecular complexity index is 338. The maximum Gasteiger partial charge on any atom is 0.0770 e. The lowest BCUT2D eigenvalue weighted by Crippen LogP contribution is -2.34. The molecule has 0 unspecified atom stereocenters. The lowest BCUT2D eigenvalue weighted by molar-refractivity contribution is 0.0350. The van der Waals surface area contributed by atoms with Gasteiger partial charge in [-0.3, -0.25) is 4.90 Å². The predicted molar refractivity (Wildman–Crippen MR) is 66.7 cm³/mol. The minimum atomic E-state index is 0.517. The number of nitrogens with zero attached hydrogens (tertiary/aromatic N) is 1. The fourth-order valence-corrected chi connectivity index (χ4v) is 3.95. The summed E-state index contributed by atoms with van der Waals surface area (Å²) in [6.07, 6.45) is 3.22. The Balaban J connectivity index is 1.66. The molecule has 2 fully saturated rings. The summed E-state index contributed by atoms with van der Waals surface area (Å²) in [5.41, 5.74) is 1.47. The van der Waals surface area contributed by atoms with Crippen molar-refractivity contribution in [3.63, 3.8) is 0 Å². The Morgan fingerprint density at radius 2 is 2.44 bits per heavy atom. The van der Waals surface area contributed by atoms with E-state index in [0.29, 0.717) is 12.1 Å². The summed E-state index contributed by atoms with van der Waals surface area (Å²) in [5.74, 6) is 0.795. The number of piperidine rings is 1. The van der Waals surface area contributed by atoms with Gasteiger partial charge < -0.3 is 4.74 Å². The second-order valence-electron chi connectivity index (χ2n) is 4.89. The van der Waals surface area contributed by atoms with Crippen molar-refractivity contribution in [1.29, 1.82) is 0 Å². The molecule has 3 rings (SSSR count). The van der Waals surface area contributed by atoms with Gasteiger partial charge in [-0.05, 0) is 48.1 Å². The highest BCUT2D eigenvalue weighted by atomic mass is 32.1. The lowest BCUT2D eigenvalue weighted by Gasteiger charge is -2.26. The molecule has 1 aliphatic heterocycles. The number of thiophene rings is 1. The minimum absolute atomic E-state index is 0.517. The average molecular weight is 237 g/mol. The van der Waals surface area contributed by atoms with Crippen LogP contribution in [-0.4, -0.2) is 30.2 Å². The van der Waals surface area contributed by atoms with Crippen molar-refractivity contribution in [2.45, 2.75) is 38.5 Å². The molecular weight excluding hydrogens is 218 g/mol. The normalized spacial score (nSPS) is 33.7. The molecule has 0 N–H and O–H groups in total. The second-order valence-corrected chi connectivity index (χ2v) is 5.67. The van der Waals surface area contributed by atoms with Gasteiger partial charge in [0.05, 0.1) is 6.10 Å². The van der Waals surface area contributed by atoms with Gasteiger partial charge in [-0.2, -0.15) is 11.3 Å². The maximum atomic E-state index is 5.90. The van der Waals surface area contributed by atoms with Gasteiger partial charge >= 0.3 is 0 Å². The van der Waals surface area contributed by atoms with E-state index in [-0.39, 0.29) is 0 Å². The van der Waals surface area contributed by atoms with Gasteiger partial charge in [0.2, 0.25) is 0 Å². The van der Waals surface area contributed by atoms with Crippen LogP contribution in [0, 0.1) is 5.92 Å². The second kappa shape index (κ2) is 4.47. The van der Waals surface area contributed by atoms with Crippen LogP contribution in [-0.2, 0) is 11.3 Å². The maximum absolute atomic E-state index is 5.90. The van der Waals surface area contributed by atoms with Crippen LogP contribution in [0.25, 0.3) is 0 Å². The van der Waals surface area contributed by atoms with Crippen LogP contribution in [0.5, 0.6) is 0 Å². The van der Waals surface area contributed by atoms with Crippen LogP contribution in [0.3, 0.4) is 0 Å². The number of ether oxygens (including phenoxy) is 1. The summed E-state index contributed by atoms with van der Waals surface area (Å²) >= 11 is 1.80. The zero-order valence-electron chi connectivity index (χ0n) is 9.76. The summed E-state index contributed by atoms with van der Waals surface area (Å²) in [5, 5.41) is 4.44. The third-order valence-corrected chi connectivity index (χ3v) is 4.67. The SMILES string of the molecule is CCO[C@@H]1[C@H]2CC[C@H]1N(Cc1ccsc1)C2. The van der Waals surface area contributed by atoms with E-state index < -0.39 is 0 Å². The third-order valence-electron chi connectivity index (χ3n) is 3.94. The van der Waals surface area contributed by atoms with Crippen LogP contribution in [0.2, 0.25) is 0 Å². The fourth-order valence-electron chi connectivity index (χ4n) is 3.29. The van der Waals surface area contributed by atoms with E-state index in [0.717, 1.165) is 19.1 Å². The molecule has 1 saturated heterocycles. The van der Waals surface area contributed by atoms with Gasteiger partial charge in [-0.25, -0.2) is 0 Å². The van der Waals surface area contributed by atoms with Gasteiger partial charge in [0.25, 0.3) is 0 Å². The van der Waals surface area contributed by atoms with Gasteiger partial charge in [0, 0.05) is 25.7 Å². The number of hydrogen-bond acceptors (Lipinski definition) is 3. The molecule has 0 radical (unpaired) electrons. The summed E-state index contributed by atoms with van der Waals surface area (Å²) in [6.45, 7) is 5.34. The first-order valence-electron chi connectivity index (χ1n) is 6.25. The van der Waals surface area contributed by atoms with Crippen LogP contribution in [0.4, 0.5) is 0 Å². The summed E-state index contributed by atoms with van der Waals surface area (Å²) in [4.78, 5) is 2.62. The largest absolute Gasteiger partial charge is 0.377 e. The van der Waals surface area contributed by atoms with Crippen LogP contribution < -0.4 is 0 Å². The van der Waals surface area contributed by atoms with Crippen molar-refractivity contribution in [3.05, 3.63) is 22.4 Å². The number of likely N-dealkylation sites (tertiary alicyclic amines) is 1. The van der Waals surface area contributed by atoms with Crippen molar-refractivity contribution >= 4 is 11.3 Å². The standard InChI is InChI=1S/C13H19NOS/c1-2-15-13-11-3-4-12(13)14(8-11)7-10-5-6-16-9-10/h5-6,9,11-13H,2-4,7-8H2,1H3/t11-,12+,13+/m0/s1. The Morgan fingerprint density at radius 3 is 3.19 bits per heavy atom. The van der Waals surface area contributed by atoms with E-state index in [1.807, 2.05) is 0 Å². The molecule has 0 spiro atoms. The van der Waals surface area contributed by atoms with E-state index in [9.17, 15) is 0 Å². The van der Waals surface area contributed by atoms with Crippen molar-refractivity contribution in [2.24, 2.45) is 5.92 Å². The molecule has 3 atom stereocenters. The molecular formula is C13H19NOS. The number of hydrogen-bond donors (Lipinski definition) is 0. The molecule has 2 nitrogen and oxygen atoms in total. The third kappa shape index (κ3) is 1.81. The van der Waals surface area contributed by atoms with Crippen molar-refractivity contribution < 1.29 is 4.74 Å². The summed E-state index contributed by atoms with van der Waals surface area (Å²) in [6, 6.07) is 2.93. The highest BCUT2D eigenvalue weighted by Crippen LogP contribution is 2.40. The summed E-state index contributed by atoms with van der Waals surface area (Å²) < 4.78 is 5.90. The summed E-state index contributed by atoms with van der Waals surface area (Å²) in [7, 11) is 0. The molecule has 1 aliphatic carbocycles. The predicted octanol–water partition coefficient (Wildman–Crippen LogP) is 2.75. The molecule has 2 heterocycles. The monoisotopic (exact) mass is 237 g/mol. The Labute approximate surface area is 101 Å². The first-order valence-corrected chi connectivity index (χ1v) is 7.19. The van der Waals surface area contributed by atoms with E-state index in [4.69, 9.17) is 4.74 Å². The first kappa shape index (κ1) is 10.8. The molecule has 3 heteroatoms. The highest BCUT2D eigenvalue weighted by molar-refractivity contribution is 7.07. The zero-order valence-corrected chi connectivity index (χ0v) is 10.6. The van der Waals surface area contributed by atoms with Gasteiger partial charge in [-0.1, -0.05) is 0 Å². The van der Waals surface area contributed by atoms with Crippen molar-refractivity contribution in [2.75, 3.05) is 13.2 Å². The minimum Gasteiger partial charge on any atom is -0.377 e. The molecule has 16 heavy (non-hydrogen) atoms. The molecule has 1 aromatic rings. The van der Waals surface area contributed by atoms with Crippen LogP contribution in [0.15, 0.2) is 16.8 Å². The average Bonchev–Trinajstić information content (AvgIpc) is 2.97. The lowest BCUT2D eigenvalue weighted by atomic mass is 10.1. The van der Waals surface area contributed by atoms with Crippen LogP contribution >= 0.6 is 11.3 Å². The molecule has 1 aromatic heterocycles. The van der Waals surface area contributed by atoms with E-state index in [1.165, 1.54) is 24.9 Å². The van der Waals surface area contributed by atoms with Gasteiger partial charge in [-0.15, -0.1) is 0 Å². The molecule has 2 bridgehead atoms. The van der Waals surface area contributed by atoms with Crippen molar-refractivity contribution in [1.82, 2.24) is 4.90 Å². The van der Waals surface area contributed by atoms with Crippen molar-refractivity contribution in [3.8, 4) is 0 Å². The van der Waals surface area contributed by atoms with E-state index >= 15 is 0 Å². The Kier molecular flexibility index (Phi) is 3.01. The van der Waals surface area contributed by atoms with Crippen LogP contribution in [0.1, 0.15) is 25.3 Å². The highest BCUT2D eigenvalue weighted by Gasteiger charge is 2.47. The zero-order chi connectivity index (χ0) is 11.0. The van der Waals surface area contributed by atoms with E-state index in [1.54, 1.807) is 11.3 Å². The molecule has 1 saturated carbocycles. The first-order chi connectivity index (χ1) is 7.88. The Morgan fingerprint density at radius 1 is 1.50 bits per heavy atom. The molecule has 2 aliphatic rings. The number of fused-ring (bicyclic) bond motifs is 2. The molecule has 0 aromatic carbocycles.